The molecule has 1 aliphatic rings. The van der Waals surface area contributed by atoms with Crippen LogP contribution in [0.2, 0.25) is 5.02 Å². The van der Waals surface area contributed by atoms with Crippen LogP contribution in [0.3, 0.4) is 0 Å². The highest BCUT2D eigenvalue weighted by molar-refractivity contribution is 6.30. The number of H-pyrrole nitrogens is 1. The zero-order valence-electron chi connectivity index (χ0n) is 17.8. The summed E-state index contributed by atoms with van der Waals surface area (Å²) in [6, 6.07) is 6.17. The Morgan fingerprint density at radius 2 is 1.87 bits per heavy atom. The van der Waals surface area contributed by atoms with E-state index in [2.05, 4.69) is 15.3 Å². The Labute approximate surface area is 187 Å². The summed E-state index contributed by atoms with van der Waals surface area (Å²) in [7, 11) is 0. The maximum Gasteiger partial charge on any atom is 0.254 e. The molecular formula is C22H28ClN5O3. The van der Waals surface area contributed by atoms with E-state index in [4.69, 9.17) is 11.6 Å². The van der Waals surface area contributed by atoms with Crippen molar-refractivity contribution in [1.29, 1.82) is 0 Å². The summed E-state index contributed by atoms with van der Waals surface area (Å²) < 4.78 is 0. The van der Waals surface area contributed by atoms with Crippen LogP contribution in [0.15, 0.2) is 36.8 Å². The van der Waals surface area contributed by atoms with Gasteiger partial charge in [-0.05, 0) is 24.1 Å². The van der Waals surface area contributed by atoms with Crippen LogP contribution in [0.1, 0.15) is 36.3 Å². The number of aromatic nitrogens is 2. The van der Waals surface area contributed by atoms with Gasteiger partial charge in [-0.2, -0.15) is 0 Å². The first kappa shape index (κ1) is 22.8. The van der Waals surface area contributed by atoms with Gasteiger partial charge in [0.05, 0.1) is 6.33 Å². The van der Waals surface area contributed by atoms with E-state index in [9.17, 15) is 14.4 Å². The van der Waals surface area contributed by atoms with Gasteiger partial charge in [0.25, 0.3) is 5.91 Å². The van der Waals surface area contributed by atoms with Crippen molar-refractivity contribution in [3.8, 4) is 0 Å². The summed E-state index contributed by atoms with van der Waals surface area (Å²) in [6.45, 7) is 5.58. The van der Waals surface area contributed by atoms with Crippen LogP contribution >= 0.6 is 11.6 Å². The van der Waals surface area contributed by atoms with Crippen LogP contribution in [-0.2, 0) is 16.0 Å². The highest BCUT2D eigenvalue weighted by Gasteiger charge is 2.30. The number of hydrogen-bond acceptors (Lipinski definition) is 4. The SMILES string of the molecule is CC(C)CC(=O)NC(Cc1cnc[nH]1)C(=O)N1CCN(C(=O)c2cccc(Cl)c2)CC1. The normalized spacial score (nSPS) is 15.1. The maximum atomic E-state index is 13.2. The molecule has 1 saturated heterocycles. The molecular weight excluding hydrogens is 418 g/mol. The van der Waals surface area contributed by atoms with E-state index in [0.717, 1.165) is 5.69 Å². The first-order valence-corrected chi connectivity index (χ1v) is 10.8. The van der Waals surface area contributed by atoms with Gasteiger partial charge < -0.3 is 20.1 Å². The number of amides is 3. The van der Waals surface area contributed by atoms with Gasteiger partial charge in [-0.1, -0.05) is 31.5 Å². The second-order valence-electron chi connectivity index (χ2n) is 8.13. The van der Waals surface area contributed by atoms with E-state index in [1.807, 2.05) is 13.8 Å². The molecule has 0 aliphatic carbocycles. The van der Waals surface area contributed by atoms with E-state index in [1.54, 1.807) is 46.6 Å². The molecule has 3 amide bonds. The molecule has 2 aromatic rings. The molecule has 1 aromatic heterocycles. The monoisotopic (exact) mass is 445 g/mol. The molecule has 0 radical (unpaired) electrons. The summed E-state index contributed by atoms with van der Waals surface area (Å²) in [6.07, 6.45) is 3.89. The van der Waals surface area contributed by atoms with Crippen molar-refractivity contribution in [2.75, 3.05) is 26.2 Å². The minimum absolute atomic E-state index is 0.103. The molecule has 31 heavy (non-hydrogen) atoms. The van der Waals surface area contributed by atoms with E-state index >= 15 is 0 Å². The number of nitrogens with zero attached hydrogens (tertiary/aromatic N) is 3. The van der Waals surface area contributed by atoms with Crippen LogP contribution in [0.5, 0.6) is 0 Å². The summed E-state index contributed by atoms with van der Waals surface area (Å²) in [4.78, 5) is 48.7. The Hall–Kier alpha value is -2.87. The topological polar surface area (TPSA) is 98.4 Å². The molecule has 3 rings (SSSR count). The van der Waals surface area contributed by atoms with Crippen LogP contribution in [-0.4, -0.2) is 69.7 Å². The highest BCUT2D eigenvalue weighted by atomic mass is 35.5. The number of carbonyl (C=O) groups is 3. The second-order valence-corrected chi connectivity index (χ2v) is 8.56. The first-order chi connectivity index (χ1) is 14.8. The number of benzene rings is 1. The third kappa shape index (κ3) is 6.30. The number of rotatable bonds is 7. The largest absolute Gasteiger partial charge is 0.348 e. The quantitative estimate of drug-likeness (QED) is 0.682. The molecule has 0 bridgehead atoms. The predicted molar refractivity (Wildman–Crippen MR) is 118 cm³/mol. The van der Waals surface area contributed by atoms with Crippen LogP contribution in [0, 0.1) is 5.92 Å². The molecule has 1 aliphatic heterocycles. The van der Waals surface area contributed by atoms with Crippen molar-refractivity contribution in [3.63, 3.8) is 0 Å². The predicted octanol–water partition coefficient (Wildman–Crippen LogP) is 2.12. The second kappa shape index (κ2) is 10.4. The van der Waals surface area contributed by atoms with E-state index in [1.165, 1.54) is 0 Å². The van der Waals surface area contributed by atoms with Gasteiger partial charge in [-0.25, -0.2) is 4.98 Å². The zero-order valence-corrected chi connectivity index (χ0v) is 18.6. The third-order valence-corrected chi connectivity index (χ3v) is 5.39. The molecule has 1 atom stereocenters. The van der Waals surface area contributed by atoms with E-state index in [-0.39, 0.29) is 23.6 Å². The molecule has 0 spiro atoms. The summed E-state index contributed by atoms with van der Waals surface area (Å²) in [5.41, 5.74) is 1.31. The van der Waals surface area contributed by atoms with Crippen LogP contribution in [0.4, 0.5) is 0 Å². The molecule has 8 nitrogen and oxygen atoms in total. The summed E-state index contributed by atoms with van der Waals surface area (Å²) in [5, 5.41) is 3.39. The fraction of sp³-hybridized carbons (Fsp3) is 0.455. The first-order valence-electron chi connectivity index (χ1n) is 10.4. The van der Waals surface area contributed by atoms with Crippen molar-refractivity contribution in [3.05, 3.63) is 53.1 Å². The number of imidazole rings is 1. The summed E-state index contributed by atoms with van der Waals surface area (Å²) >= 11 is 5.99. The fourth-order valence-corrected chi connectivity index (χ4v) is 3.79. The lowest BCUT2D eigenvalue weighted by Crippen LogP contribution is -2.56. The van der Waals surface area contributed by atoms with E-state index in [0.29, 0.717) is 49.6 Å². The minimum atomic E-state index is -0.679. The number of aromatic amines is 1. The molecule has 1 unspecified atom stereocenters. The Morgan fingerprint density at radius 3 is 2.48 bits per heavy atom. The van der Waals surface area contributed by atoms with Gasteiger partial charge in [0, 0.05) is 61.5 Å². The molecule has 2 N–H and O–H groups in total. The van der Waals surface area contributed by atoms with Crippen LogP contribution in [0.25, 0.3) is 0 Å². The number of halogens is 1. The number of piperazine rings is 1. The maximum absolute atomic E-state index is 13.2. The average Bonchev–Trinajstić information content (AvgIpc) is 3.25. The molecule has 9 heteroatoms. The molecule has 166 valence electrons. The van der Waals surface area contributed by atoms with Gasteiger partial charge in [0.1, 0.15) is 6.04 Å². The Kier molecular flexibility index (Phi) is 7.68. The Bertz CT molecular complexity index is 908. The number of nitrogens with one attached hydrogen (secondary N) is 2. The number of carbonyl (C=O) groups excluding carboxylic acids is 3. The minimum Gasteiger partial charge on any atom is -0.348 e. The zero-order chi connectivity index (χ0) is 22.4. The average molecular weight is 446 g/mol. The van der Waals surface area contributed by atoms with Gasteiger partial charge in [-0.3, -0.25) is 14.4 Å². The highest BCUT2D eigenvalue weighted by Crippen LogP contribution is 2.15. The third-order valence-electron chi connectivity index (χ3n) is 5.16. The van der Waals surface area contributed by atoms with Crippen LogP contribution < -0.4 is 5.32 Å². The van der Waals surface area contributed by atoms with Gasteiger partial charge in [-0.15, -0.1) is 0 Å². The van der Waals surface area contributed by atoms with Gasteiger partial charge >= 0.3 is 0 Å². The lowest BCUT2D eigenvalue weighted by atomic mass is 10.1. The van der Waals surface area contributed by atoms with Crippen molar-refractivity contribution < 1.29 is 14.4 Å². The molecule has 0 saturated carbocycles. The van der Waals surface area contributed by atoms with Crippen molar-refractivity contribution in [1.82, 2.24) is 25.1 Å². The van der Waals surface area contributed by atoms with Gasteiger partial charge in [0.15, 0.2) is 0 Å². The Morgan fingerprint density at radius 1 is 1.16 bits per heavy atom. The van der Waals surface area contributed by atoms with Crippen molar-refractivity contribution in [2.45, 2.75) is 32.7 Å². The van der Waals surface area contributed by atoms with E-state index < -0.39 is 6.04 Å². The van der Waals surface area contributed by atoms with Gasteiger partial charge in [0.2, 0.25) is 11.8 Å². The van der Waals surface area contributed by atoms with Crippen molar-refractivity contribution in [2.24, 2.45) is 5.92 Å². The lowest BCUT2D eigenvalue weighted by molar-refractivity contribution is -0.137. The molecule has 2 heterocycles. The molecule has 1 aromatic carbocycles. The van der Waals surface area contributed by atoms with Crippen molar-refractivity contribution >= 4 is 29.3 Å². The summed E-state index contributed by atoms with van der Waals surface area (Å²) in [5.74, 6) is -0.206. The standard InChI is InChI=1S/C22H28ClN5O3/c1-15(2)10-20(29)26-19(12-18-13-24-14-25-18)22(31)28-8-6-27(7-9-28)21(30)16-4-3-5-17(23)11-16/h3-5,11,13-15,19H,6-10,12H2,1-2H3,(H,24,25)(H,26,29). The lowest BCUT2D eigenvalue weighted by Gasteiger charge is -2.36. The Balaban J connectivity index is 1.62. The number of hydrogen-bond donors (Lipinski definition) is 2. The smallest absolute Gasteiger partial charge is 0.254 e. The fourth-order valence-electron chi connectivity index (χ4n) is 3.59. The molecule has 1 fully saturated rings.